The van der Waals surface area contributed by atoms with E-state index in [0.29, 0.717) is 4.83 Å². The van der Waals surface area contributed by atoms with Gasteiger partial charge in [-0.3, -0.25) is 4.79 Å². The SMILES string of the molecule is CCC(Br)CCNC(=O)CCC1CCCCC1. The first-order chi connectivity index (χ1) is 8.22. The van der Waals surface area contributed by atoms with Crippen LogP contribution < -0.4 is 5.32 Å². The molecule has 0 aromatic rings. The van der Waals surface area contributed by atoms with Crippen LogP contribution in [0, 0.1) is 5.92 Å². The normalized spacial score (nSPS) is 18.9. The smallest absolute Gasteiger partial charge is 0.220 e. The summed E-state index contributed by atoms with van der Waals surface area (Å²) in [6, 6.07) is 0. The van der Waals surface area contributed by atoms with Gasteiger partial charge in [-0.15, -0.1) is 0 Å². The summed E-state index contributed by atoms with van der Waals surface area (Å²) in [4.78, 5) is 12.2. The van der Waals surface area contributed by atoms with Gasteiger partial charge < -0.3 is 5.32 Å². The predicted molar refractivity (Wildman–Crippen MR) is 76.4 cm³/mol. The zero-order valence-electron chi connectivity index (χ0n) is 11.0. The molecule has 0 aliphatic heterocycles. The first kappa shape index (κ1) is 15.0. The van der Waals surface area contributed by atoms with Crippen LogP contribution >= 0.6 is 15.9 Å². The van der Waals surface area contributed by atoms with Crippen LogP contribution in [-0.2, 0) is 4.79 Å². The molecule has 0 aromatic heterocycles. The van der Waals surface area contributed by atoms with Crippen LogP contribution in [0.4, 0.5) is 0 Å². The van der Waals surface area contributed by atoms with E-state index >= 15 is 0 Å². The summed E-state index contributed by atoms with van der Waals surface area (Å²) in [6.45, 7) is 2.97. The molecule has 1 N–H and O–H groups in total. The van der Waals surface area contributed by atoms with Crippen molar-refractivity contribution in [1.82, 2.24) is 5.32 Å². The van der Waals surface area contributed by atoms with Crippen molar-refractivity contribution in [2.75, 3.05) is 6.54 Å². The van der Waals surface area contributed by atoms with Gasteiger partial charge in [-0.2, -0.15) is 0 Å². The maximum atomic E-state index is 11.6. The molecule has 0 heterocycles. The minimum atomic E-state index is 0.242. The van der Waals surface area contributed by atoms with Crippen molar-refractivity contribution in [3.63, 3.8) is 0 Å². The Labute approximate surface area is 114 Å². The largest absolute Gasteiger partial charge is 0.356 e. The number of carbonyl (C=O) groups excluding carboxylic acids is 1. The minimum absolute atomic E-state index is 0.242. The number of carbonyl (C=O) groups is 1. The molecule has 2 nitrogen and oxygen atoms in total. The van der Waals surface area contributed by atoms with Crippen molar-refractivity contribution in [3.05, 3.63) is 0 Å². The number of rotatable bonds is 7. The highest BCUT2D eigenvalue weighted by Crippen LogP contribution is 2.27. The van der Waals surface area contributed by atoms with Gasteiger partial charge in [0.15, 0.2) is 0 Å². The molecule has 17 heavy (non-hydrogen) atoms. The monoisotopic (exact) mass is 303 g/mol. The van der Waals surface area contributed by atoms with Crippen LogP contribution in [0.15, 0.2) is 0 Å². The number of nitrogens with one attached hydrogen (secondary N) is 1. The van der Waals surface area contributed by atoms with E-state index in [9.17, 15) is 4.79 Å². The summed E-state index contributed by atoms with van der Waals surface area (Å²) in [7, 11) is 0. The Morgan fingerprint density at radius 1 is 1.35 bits per heavy atom. The van der Waals surface area contributed by atoms with Gasteiger partial charge in [-0.25, -0.2) is 0 Å². The van der Waals surface area contributed by atoms with Gasteiger partial charge in [0.25, 0.3) is 0 Å². The van der Waals surface area contributed by atoms with Gasteiger partial charge in [-0.05, 0) is 25.2 Å². The van der Waals surface area contributed by atoms with Crippen LogP contribution in [0.25, 0.3) is 0 Å². The Hall–Kier alpha value is -0.0500. The second-order valence-corrected chi connectivity index (χ2v) is 6.48. The Balaban J connectivity index is 2.00. The van der Waals surface area contributed by atoms with E-state index in [1.165, 1.54) is 32.1 Å². The Kier molecular flexibility index (Phi) is 7.91. The Morgan fingerprint density at radius 3 is 2.71 bits per heavy atom. The number of hydrogen-bond donors (Lipinski definition) is 1. The van der Waals surface area contributed by atoms with E-state index in [4.69, 9.17) is 0 Å². The third-order valence-corrected chi connectivity index (χ3v) is 4.83. The maximum Gasteiger partial charge on any atom is 0.220 e. The average molecular weight is 304 g/mol. The lowest BCUT2D eigenvalue weighted by molar-refractivity contribution is -0.121. The molecular weight excluding hydrogens is 278 g/mol. The van der Waals surface area contributed by atoms with Gasteiger partial charge in [0.05, 0.1) is 0 Å². The van der Waals surface area contributed by atoms with E-state index in [-0.39, 0.29) is 5.91 Å². The summed E-state index contributed by atoms with van der Waals surface area (Å²) in [5.74, 6) is 1.06. The Morgan fingerprint density at radius 2 is 2.06 bits per heavy atom. The molecule has 1 aliphatic rings. The van der Waals surface area contributed by atoms with Gasteiger partial charge in [0.2, 0.25) is 5.91 Å². The average Bonchev–Trinajstić information content (AvgIpc) is 2.37. The fourth-order valence-electron chi connectivity index (χ4n) is 2.47. The molecule has 0 radical (unpaired) electrons. The first-order valence-electron chi connectivity index (χ1n) is 7.13. The van der Waals surface area contributed by atoms with E-state index in [0.717, 1.165) is 38.1 Å². The van der Waals surface area contributed by atoms with Gasteiger partial charge in [-0.1, -0.05) is 55.0 Å². The third kappa shape index (κ3) is 7.07. The lowest BCUT2D eigenvalue weighted by atomic mass is 9.86. The molecule has 100 valence electrons. The quantitative estimate of drug-likeness (QED) is 0.707. The van der Waals surface area contributed by atoms with Gasteiger partial charge in [0.1, 0.15) is 0 Å². The van der Waals surface area contributed by atoms with Crippen LogP contribution in [0.1, 0.15) is 64.7 Å². The molecule has 1 amide bonds. The van der Waals surface area contributed by atoms with Crippen molar-refractivity contribution < 1.29 is 4.79 Å². The molecule has 0 saturated heterocycles. The Bertz CT molecular complexity index is 214. The van der Waals surface area contributed by atoms with Crippen LogP contribution in [0.2, 0.25) is 0 Å². The topological polar surface area (TPSA) is 29.1 Å². The highest BCUT2D eigenvalue weighted by molar-refractivity contribution is 9.09. The number of hydrogen-bond acceptors (Lipinski definition) is 1. The number of alkyl halides is 1. The summed E-state index contributed by atoms with van der Waals surface area (Å²) < 4.78 is 0. The molecule has 1 rings (SSSR count). The molecule has 1 aliphatic carbocycles. The maximum absolute atomic E-state index is 11.6. The molecule has 1 unspecified atom stereocenters. The van der Waals surface area contributed by atoms with Crippen LogP contribution in [-0.4, -0.2) is 17.3 Å². The second-order valence-electron chi connectivity index (χ2n) is 5.19. The van der Waals surface area contributed by atoms with E-state index in [1.807, 2.05) is 0 Å². The van der Waals surface area contributed by atoms with Crippen molar-refractivity contribution in [2.24, 2.45) is 5.92 Å². The minimum Gasteiger partial charge on any atom is -0.356 e. The van der Waals surface area contributed by atoms with E-state index in [2.05, 4.69) is 28.2 Å². The summed E-state index contributed by atoms with van der Waals surface area (Å²) >= 11 is 3.58. The lowest BCUT2D eigenvalue weighted by Gasteiger charge is -2.21. The fourth-order valence-corrected chi connectivity index (χ4v) is 2.70. The first-order valence-corrected chi connectivity index (χ1v) is 8.04. The highest BCUT2D eigenvalue weighted by atomic mass is 79.9. The van der Waals surface area contributed by atoms with Gasteiger partial charge in [0, 0.05) is 17.8 Å². The third-order valence-electron chi connectivity index (χ3n) is 3.73. The lowest BCUT2D eigenvalue weighted by Crippen LogP contribution is -2.26. The van der Waals surface area contributed by atoms with Gasteiger partial charge >= 0.3 is 0 Å². The molecular formula is C14H26BrNO. The van der Waals surface area contributed by atoms with Crippen molar-refractivity contribution >= 4 is 21.8 Å². The highest BCUT2D eigenvalue weighted by Gasteiger charge is 2.14. The summed E-state index contributed by atoms with van der Waals surface area (Å²) in [5, 5.41) is 3.02. The van der Waals surface area contributed by atoms with E-state index in [1.54, 1.807) is 0 Å². The summed E-state index contributed by atoms with van der Waals surface area (Å²) in [6.07, 6.45) is 10.8. The second kappa shape index (κ2) is 8.96. The molecule has 0 bridgehead atoms. The van der Waals surface area contributed by atoms with Crippen molar-refractivity contribution in [1.29, 1.82) is 0 Å². The fraction of sp³-hybridized carbons (Fsp3) is 0.929. The zero-order chi connectivity index (χ0) is 12.5. The standard InChI is InChI=1S/C14H26BrNO/c1-2-13(15)10-11-16-14(17)9-8-12-6-4-3-5-7-12/h12-13H,2-11H2,1H3,(H,16,17). The van der Waals surface area contributed by atoms with Crippen LogP contribution in [0.3, 0.4) is 0 Å². The molecule has 1 atom stereocenters. The molecule has 0 aromatic carbocycles. The van der Waals surface area contributed by atoms with Crippen LogP contribution in [0.5, 0.6) is 0 Å². The number of halogens is 1. The summed E-state index contributed by atoms with van der Waals surface area (Å²) in [5.41, 5.74) is 0. The molecule has 3 heteroatoms. The molecule has 1 fully saturated rings. The molecule has 0 spiro atoms. The number of amides is 1. The predicted octanol–water partition coefficient (Wildman–Crippen LogP) is 4.03. The molecule has 1 saturated carbocycles. The zero-order valence-corrected chi connectivity index (χ0v) is 12.6. The van der Waals surface area contributed by atoms with Crippen molar-refractivity contribution in [2.45, 2.75) is 69.5 Å². The van der Waals surface area contributed by atoms with E-state index < -0.39 is 0 Å². The van der Waals surface area contributed by atoms with Crippen molar-refractivity contribution in [3.8, 4) is 0 Å².